The number of hydrogen-bond acceptors (Lipinski definition) is 8. The Balaban J connectivity index is 1.24. The minimum Gasteiger partial charge on any atom is -0.366 e. The number of hydrogen-bond donors (Lipinski definition) is 2. The van der Waals surface area contributed by atoms with Crippen LogP contribution in [0.15, 0.2) is 40.4 Å². The number of carbonyl (C=O) groups excluding carboxylic acids is 2. The number of aromatic nitrogens is 3. The summed E-state index contributed by atoms with van der Waals surface area (Å²) in [4.78, 5) is 34.6. The zero-order valence-corrected chi connectivity index (χ0v) is 17.1. The number of nitrogens with zero attached hydrogens (tertiary/aromatic N) is 4. The molecule has 3 aromatic heterocycles. The lowest BCUT2D eigenvalue weighted by molar-refractivity contribution is -0.116. The fourth-order valence-corrected chi connectivity index (χ4v) is 4.26. The Morgan fingerprint density at radius 2 is 2.10 bits per heavy atom. The Morgan fingerprint density at radius 1 is 1.27 bits per heavy atom. The van der Waals surface area contributed by atoms with Crippen LogP contribution in [0.4, 0.5) is 5.00 Å². The molecule has 0 saturated carbocycles. The van der Waals surface area contributed by atoms with Gasteiger partial charge in [-0.2, -0.15) is 4.98 Å². The number of nitrogens with two attached hydrogens (primary N) is 1. The van der Waals surface area contributed by atoms with E-state index in [1.54, 1.807) is 17.6 Å². The van der Waals surface area contributed by atoms with Crippen molar-refractivity contribution in [3.8, 4) is 11.5 Å². The van der Waals surface area contributed by atoms with E-state index in [1.165, 1.54) is 11.3 Å². The first kappa shape index (κ1) is 20.2. The second-order valence-electron chi connectivity index (χ2n) is 7.11. The molecule has 2 amide bonds. The molecule has 0 aromatic carbocycles. The third-order valence-electron chi connectivity index (χ3n) is 5.11. The van der Waals surface area contributed by atoms with Gasteiger partial charge in [0.2, 0.25) is 17.6 Å². The summed E-state index contributed by atoms with van der Waals surface area (Å²) in [6.45, 7) is 2.36. The molecule has 1 aliphatic rings. The highest BCUT2D eigenvalue weighted by Crippen LogP contribution is 2.28. The van der Waals surface area contributed by atoms with Crippen LogP contribution in [0.2, 0.25) is 0 Å². The standard InChI is InChI=1S/C20H22N6O3S/c21-17(28)14-7-12-30-20(14)23-16(27)6-11-26-9-4-13(5-10-26)19-24-18(25-29-19)15-3-1-2-8-22-15/h1-3,7-8,12-13H,4-6,9-11H2,(H2,21,28)(H,23,27). The average Bonchev–Trinajstić information content (AvgIpc) is 3.43. The van der Waals surface area contributed by atoms with Crippen LogP contribution in [0.1, 0.15) is 41.4 Å². The van der Waals surface area contributed by atoms with Crippen molar-refractivity contribution in [2.24, 2.45) is 5.73 Å². The van der Waals surface area contributed by atoms with Gasteiger partial charge in [0.1, 0.15) is 10.7 Å². The molecule has 1 aliphatic heterocycles. The van der Waals surface area contributed by atoms with E-state index in [4.69, 9.17) is 10.3 Å². The highest BCUT2D eigenvalue weighted by atomic mass is 32.1. The maximum Gasteiger partial charge on any atom is 0.251 e. The lowest BCUT2D eigenvalue weighted by Gasteiger charge is -2.29. The van der Waals surface area contributed by atoms with E-state index in [9.17, 15) is 9.59 Å². The first-order valence-corrected chi connectivity index (χ1v) is 10.6. The van der Waals surface area contributed by atoms with E-state index >= 15 is 0 Å². The molecule has 3 aromatic rings. The van der Waals surface area contributed by atoms with E-state index in [0.29, 0.717) is 40.9 Å². The molecule has 4 rings (SSSR count). The van der Waals surface area contributed by atoms with Gasteiger partial charge in [-0.25, -0.2) is 0 Å². The molecule has 9 nitrogen and oxygen atoms in total. The highest BCUT2D eigenvalue weighted by molar-refractivity contribution is 7.14. The molecule has 10 heteroatoms. The predicted octanol–water partition coefficient (Wildman–Crippen LogP) is 2.50. The van der Waals surface area contributed by atoms with Gasteiger partial charge in [0.25, 0.3) is 5.91 Å². The van der Waals surface area contributed by atoms with Crippen molar-refractivity contribution >= 4 is 28.2 Å². The highest BCUT2D eigenvalue weighted by Gasteiger charge is 2.26. The van der Waals surface area contributed by atoms with Gasteiger partial charge in [-0.15, -0.1) is 11.3 Å². The summed E-state index contributed by atoms with van der Waals surface area (Å²) in [6.07, 6.45) is 3.84. The van der Waals surface area contributed by atoms with Crippen LogP contribution in [-0.4, -0.2) is 51.5 Å². The molecular weight excluding hydrogens is 404 g/mol. The van der Waals surface area contributed by atoms with E-state index in [0.717, 1.165) is 25.9 Å². The number of piperidine rings is 1. The van der Waals surface area contributed by atoms with Gasteiger partial charge < -0.3 is 20.5 Å². The molecule has 30 heavy (non-hydrogen) atoms. The van der Waals surface area contributed by atoms with Crippen molar-refractivity contribution < 1.29 is 14.1 Å². The minimum atomic E-state index is -0.541. The lowest BCUT2D eigenvalue weighted by Crippen LogP contribution is -2.35. The SMILES string of the molecule is NC(=O)c1ccsc1NC(=O)CCN1CCC(c2nc(-c3ccccn3)no2)CC1. The summed E-state index contributed by atoms with van der Waals surface area (Å²) in [5.41, 5.74) is 6.35. The molecule has 1 saturated heterocycles. The molecular formula is C20H22N6O3S. The fraction of sp³-hybridized carbons (Fsp3) is 0.350. The van der Waals surface area contributed by atoms with Crippen molar-refractivity contribution in [2.75, 3.05) is 25.0 Å². The Labute approximate surface area is 177 Å². The largest absolute Gasteiger partial charge is 0.366 e. The first-order valence-electron chi connectivity index (χ1n) is 9.74. The molecule has 0 aliphatic carbocycles. The number of nitrogens with one attached hydrogen (secondary N) is 1. The summed E-state index contributed by atoms with van der Waals surface area (Å²) < 4.78 is 5.46. The van der Waals surface area contributed by atoms with Gasteiger partial charge in [-0.3, -0.25) is 14.6 Å². The van der Waals surface area contributed by atoms with Crippen molar-refractivity contribution in [2.45, 2.75) is 25.2 Å². The Morgan fingerprint density at radius 3 is 2.83 bits per heavy atom. The molecule has 0 radical (unpaired) electrons. The normalized spacial score (nSPS) is 15.2. The zero-order valence-electron chi connectivity index (χ0n) is 16.3. The number of anilines is 1. The zero-order chi connectivity index (χ0) is 20.9. The number of pyridine rings is 1. The number of primary amides is 1. The van der Waals surface area contributed by atoms with Crippen molar-refractivity contribution in [3.05, 3.63) is 47.3 Å². The van der Waals surface area contributed by atoms with Crippen LogP contribution in [0, 0.1) is 0 Å². The summed E-state index contributed by atoms with van der Waals surface area (Å²) >= 11 is 1.29. The second-order valence-corrected chi connectivity index (χ2v) is 8.03. The van der Waals surface area contributed by atoms with Crippen molar-refractivity contribution in [1.29, 1.82) is 0 Å². The van der Waals surface area contributed by atoms with Crippen LogP contribution in [0.5, 0.6) is 0 Å². The van der Waals surface area contributed by atoms with E-state index in [2.05, 4.69) is 25.3 Å². The number of thiophene rings is 1. The first-order chi connectivity index (χ1) is 14.6. The molecule has 0 spiro atoms. The number of likely N-dealkylation sites (tertiary alicyclic amines) is 1. The van der Waals surface area contributed by atoms with Crippen molar-refractivity contribution in [1.82, 2.24) is 20.0 Å². The lowest BCUT2D eigenvalue weighted by atomic mass is 9.96. The molecule has 0 bridgehead atoms. The molecule has 0 atom stereocenters. The van der Waals surface area contributed by atoms with Gasteiger partial charge in [0.15, 0.2) is 0 Å². The quantitative estimate of drug-likeness (QED) is 0.594. The smallest absolute Gasteiger partial charge is 0.251 e. The van der Waals surface area contributed by atoms with Crippen LogP contribution < -0.4 is 11.1 Å². The molecule has 1 fully saturated rings. The number of rotatable bonds is 7. The van der Waals surface area contributed by atoms with Gasteiger partial charge in [-0.05, 0) is 49.5 Å². The van der Waals surface area contributed by atoms with Crippen LogP contribution in [-0.2, 0) is 4.79 Å². The topological polar surface area (TPSA) is 127 Å². The second kappa shape index (κ2) is 9.14. The summed E-state index contributed by atoms with van der Waals surface area (Å²) in [5, 5.41) is 9.06. The van der Waals surface area contributed by atoms with Crippen molar-refractivity contribution in [3.63, 3.8) is 0 Å². The summed E-state index contributed by atoms with van der Waals surface area (Å²) in [6, 6.07) is 7.20. The Bertz CT molecular complexity index is 1010. The van der Waals surface area contributed by atoms with E-state index in [-0.39, 0.29) is 11.8 Å². The molecule has 156 valence electrons. The van der Waals surface area contributed by atoms with Crippen LogP contribution >= 0.6 is 11.3 Å². The number of carbonyl (C=O) groups is 2. The van der Waals surface area contributed by atoms with Gasteiger partial charge >= 0.3 is 0 Å². The van der Waals surface area contributed by atoms with E-state index < -0.39 is 5.91 Å². The fourth-order valence-electron chi connectivity index (χ4n) is 3.45. The maximum absolute atomic E-state index is 12.2. The third kappa shape index (κ3) is 4.71. The average molecular weight is 427 g/mol. The third-order valence-corrected chi connectivity index (χ3v) is 5.94. The van der Waals surface area contributed by atoms with Crippen LogP contribution in [0.3, 0.4) is 0 Å². The summed E-state index contributed by atoms with van der Waals surface area (Å²) in [5.74, 6) is 0.697. The van der Waals surface area contributed by atoms with Gasteiger partial charge in [0.05, 0.1) is 5.56 Å². The van der Waals surface area contributed by atoms with Gasteiger partial charge in [-0.1, -0.05) is 11.2 Å². The minimum absolute atomic E-state index is 0.126. The molecule has 3 N–H and O–H groups in total. The Kier molecular flexibility index (Phi) is 6.15. The monoisotopic (exact) mass is 426 g/mol. The predicted molar refractivity (Wildman–Crippen MR) is 112 cm³/mol. The van der Waals surface area contributed by atoms with Gasteiger partial charge in [0, 0.05) is 25.1 Å². The molecule has 0 unspecified atom stereocenters. The number of amides is 2. The maximum atomic E-state index is 12.2. The summed E-state index contributed by atoms with van der Waals surface area (Å²) in [7, 11) is 0. The van der Waals surface area contributed by atoms with E-state index in [1.807, 2.05) is 18.2 Å². The molecule has 4 heterocycles. The Hall–Kier alpha value is -3.11. The van der Waals surface area contributed by atoms with Crippen LogP contribution in [0.25, 0.3) is 11.5 Å².